The third-order valence-electron chi connectivity index (χ3n) is 15.7. The van der Waals surface area contributed by atoms with Gasteiger partial charge < -0.3 is 51.7 Å². The molecular formula is C69H96FN5O15. The predicted molar refractivity (Wildman–Crippen MR) is 342 cm³/mol. The summed E-state index contributed by atoms with van der Waals surface area (Å²) in [6.45, 7) is 11.8. The fourth-order valence-electron chi connectivity index (χ4n) is 10.2. The molecule has 10 atom stereocenters. The Morgan fingerprint density at radius 3 is 1.80 bits per heavy atom. The van der Waals surface area contributed by atoms with Crippen LogP contribution in [-0.2, 0) is 73.6 Å². The van der Waals surface area contributed by atoms with Crippen LogP contribution in [0, 0.1) is 23.1 Å². The number of Topliss-reactive ketones (excluding diaryl/α,β-unsaturated/α-hetero) is 5. The number of carbonyl (C=O) groups excluding carboxylic acids is 9. The molecule has 4 rings (SSSR count). The van der Waals surface area contributed by atoms with Crippen LogP contribution in [0.15, 0.2) is 97.1 Å². The Balaban J connectivity index is 0.00000910. The lowest BCUT2D eigenvalue weighted by molar-refractivity contribution is -0.142. The van der Waals surface area contributed by atoms with E-state index < -0.39 is 151 Å². The maximum absolute atomic E-state index is 15.3. The molecule has 0 saturated heterocycles. The van der Waals surface area contributed by atoms with Crippen molar-refractivity contribution in [2.75, 3.05) is 20.8 Å². The topological polar surface area (TPSA) is 321 Å². The maximum Gasteiger partial charge on any atom is 0.305 e. The Bertz CT molecular complexity index is 3010. The van der Waals surface area contributed by atoms with Crippen molar-refractivity contribution in [3.8, 4) is 16.9 Å². The van der Waals surface area contributed by atoms with Gasteiger partial charge in [-0.05, 0) is 118 Å². The van der Waals surface area contributed by atoms with E-state index in [-0.39, 0.29) is 56.7 Å². The standard InChI is InChI=1S/C66H86FN5O15.C2H6.CH4/c1-9-44-32-49(87-8)27-28-50(44)45-25-23-43(24-26-45)31-47(63(84)69-52(54(76)10-2)22-16-19-42-17-12-11-13-18-42)33-56(78)53(35-60(82)83)70-64(85)48(38-73)34-57(79)61(40(4)74)72-65(86)66(6,36-46-20-14-15-21-51(46)67)37-58(80)62(41(5)75)71-59(81)30-29-55(77)39(3)68-7;1-2;/h11-15,17-18,20-21,23-28,32,39-41,47-48,52-53,61-62,68,73-75H,9-10,16,19,22,29-31,33-38H2,1-8H3,(H,69,84)(H,70,85)(H,71,81)(H,72,86)(H,82,83);1-2H3;1H4/t39-,40+,41+,47+,48-,52?,53-,61-,62-,66+;;/m0../s1. The molecule has 0 bridgehead atoms. The molecule has 0 radical (unpaired) electrons. The minimum Gasteiger partial charge on any atom is -0.497 e. The lowest BCUT2D eigenvalue weighted by Gasteiger charge is -2.33. The molecule has 20 nitrogen and oxygen atoms in total. The number of carbonyl (C=O) groups is 10. The molecular weight excluding hydrogens is 1160 g/mol. The molecule has 0 aliphatic rings. The second-order valence-corrected chi connectivity index (χ2v) is 22.5. The van der Waals surface area contributed by atoms with E-state index in [0.717, 1.165) is 35.2 Å². The van der Waals surface area contributed by atoms with Gasteiger partial charge in [0, 0.05) is 44.4 Å². The number of amides is 4. The van der Waals surface area contributed by atoms with Crippen molar-refractivity contribution >= 4 is 58.5 Å². The molecule has 0 saturated carbocycles. The molecule has 21 heteroatoms. The zero-order valence-electron chi connectivity index (χ0n) is 53.0. The number of carboxylic acids is 1. The summed E-state index contributed by atoms with van der Waals surface area (Å²) in [5.41, 5.74) is 2.48. The average Bonchev–Trinajstić information content (AvgIpc) is 1.06. The number of benzene rings is 4. The summed E-state index contributed by atoms with van der Waals surface area (Å²) in [5, 5.41) is 55.1. The predicted octanol–water partition coefficient (Wildman–Crippen LogP) is 6.75. The van der Waals surface area contributed by atoms with Gasteiger partial charge in [0.1, 0.15) is 29.4 Å². The van der Waals surface area contributed by atoms with Crippen LogP contribution in [0.25, 0.3) is 11.1 Å². The summed E-state index contributed by atoms with van der Waals surface area (Å²) in [6.07, 6.45) is -5.34. The number of ketones is 5. The van der Waals surface area contributed by atoms with E-state index in [9.17, 15) is 68.4 Å². The largest absolute Gasteiger partial charge is 0.497 e. The maximum atomic E-state index is 15.3. The second kappa shape index (κ2) is 39.3. The summed E-state index contributed by atoms with van der Waals surface area (Å²) in [5.74, 6) is -11.5. The van der Waals surface area contributed by atoms with Crippen molar-refractivity contribution in [2.45, 2.75) is 189 Å². The highest BCUT2D eigenvalue weighted by Crippen LogP contribution is 2.32. The lowest BCUT2D eigenvalue weighted by atomic mass is 9.76. The second-order valence-electron chi connectivity index (χ2n) is 22.5. The first-order chi connectivity index (χ1) is 42.3. The Morgan fingerprint density at radius 2 is 1.23 bits per heavy atom. The van der Waals surface area contributed by atoms with Gasteiger partial charge >= 0.3 is 5.97 Å². The highest BCUT2D eigenvalue weighted by Gasteiger charge is 2.43. The lowest BCUT2D eigenvalue weighted by Crippen LogP contribution is -2.55. The molecule has 494 valence electrons. The number of aryl methyl sites for hydroxylation is 2. The molecule has 4 aromatic carbocycles. The van der Waals surface area contributed by atoms with E-state index in [1.165, 1.54) is 32.0 Å². The van der Waals surface area contributed by atoms with Crippen LogP contribution in [-0.4, -0.2) is 142 Å². The number of aliphatic hydroxyl groups excluding tert-OH is 3. The molecule has 0 spiro atoms. The number of aliphatic carboxylic acids is 1. The third kappa shape index (κ3) is 24.5. The van der Waals surface area contributed by atoms with Crippen molar-refractivity contribution in [3.05, 3.63) is 125 Å². The van der Waals surface area contributed by atoms with E-state index in [0.29, 0.717) is 30.6 Å². The first-order valence-electron chi connectivity index (χ1n) is 30.5. The van der Waals surface area contributed by atoms with Crippen LogP contribution in [0.3, 0.4) is 0 Å². The minimum atomic E-state index is -1.97. The number of hydrogen-bond donors (Lipinski definition) is 9. The van der Waals surface area contributed by atoms with Crippen molar-refractivity contribution in [2.24, 2.45) is 17.3 Å². The number of rotatable bonds is 39. The fraction of sp³-hybridized carbons (Fsp3) is 0.507. The highest BCUT2D eigenvalue weighted by atomic mass is 19.1. The SMILES string of the molecule is C.CC.CCC(=O)C(CCCc1ccccc1)NC(=O)[C@@H](CC(=O)[C@H](CC(=O)O)NC(=O)[C@H](CO)CC(=O)[C@@H](NC(=O)[C@@](C)(CC(=O)[C@@H](NC(=O)CCC(=O)[C@H](C)NC)[C@@H](C)O)Cc1ccccc1F)[C@@H](C)O)Cc1ccc(-c2ccc(OC)cc2CC)cc1. The van der Waals surface area contributed by atoms with Crippen molar-refractivity contribution in [3.63, 3.8) is 0 Å². The van der Waals surface area contributed by atoms with Gasteiger partial charge in [-0.3, -0.25) is 47.9 Å². The van der Waals surface area contributed by atoms with Gasteiger partial charge in [0.25, 0.3) is 0 Å². The van der Waals surface area contributed by atoms with E-state index in [2.05, 4.69) is 26.6 Å². The molecule has 4 amide bonds. The first kappa shape index (κ1) is 78.2. The van der Waals surface area contributed by atoms with Crippen molar-refractivity contribution < 1.29 is 77.5 Å². The normalized spacial score (nSPS) is 14.6. The zero-order valence-corrected chi connectivity index (χ0v) is 53.0. The Labute approximate surface area is 529 Å². The Hall–Kier alpha value is -7.85. The molecule has 0 aliphatic carbocycles. The van der Waals surface area contributed by atoms with Crippen molar-refractivity contribution in [1.82, 2.24) is 26.6 Å². The Morgan fingerprint density at radius 1 is 0.644 bits per heavy atom. The van der Waals surface area contributed by atoms with Gasteiger partial charge in [-0.2, -0.15) is 0 Å². The highest BCUT2D eigenvalue weighted by molar-refractivity contribution is 5.99. The van der Waals surface area contributed by atoms with Gasteiger partial charge in [0.15, 0.2) is 23.1 Å². The molecule has 1 unspecified atom stereocenters. The zero-order chi connectivity index (χ0) is 66.5. The third-order valence-corrected chi connectivity index (χ3v) is 15.7. The summed E-state index contributed by atoms with van der Waals surface area (Å²) in [7, 11) is 3.15. The van der Waals surface area contributed by atoms with E-state index in [4.69, 9.17) is 4.74 Å². The van der Waals surface area contributed by atoms with Gasteiger partial charge in [0.05, 0.1) is 61.8 Å². The van der Waals surface area contributed by atoms with E-state index in [1.54, 1.807) is 40.1 Å². The molecule has 0 aliphatic heterocycles. The van der Waals surface area contributed by atoms with Crippen LogP contribution < -0.4 is 31.3 Å². The number of ether oxygens (including phenoxy) is 1. The first-order valence-corrected chi connectivity index (χ1v) is 30.5. The van der Waals surface area contributed by atoms with Gasteiger partial charge in [-0.15, -0.1) is 0 Å². The summed E-state index contributed by atoms with van der Waals surface area (Å²) in [4.78, 5) is 137. The molecule has 90 heavy (non-hydrogen) atoms. The van der Waals surface area contributed by atoms with Gasteiger partial charge in [-0.1, -0.05) is 121 Å². The summed E-state index contributed by atoms with van der Waals surface area (Å²) in [6, 6.07) is 21.2. The number of aliphatic hydroxyl groups is 3. The molecule has 0 fully saturated rings. The number of carboxylic acid groups (broad SMARTS) is 1. The number of methoxy groups -OCH3 is 1. The van der Waals surface area contributed by atoms with E-state index >= 15 is 4.39 Å². The van der Waals surface area contributed by atoms with Crippen LogP contribution >= 0.6 is 0 Å². The van der Waals surface area contributed by atoms with Crippen LogP contribution in [0.4, 0.5) is 4.39 Å². The molecule has 0 heterocycles. The minimum absolute atomic E-state index is 0. The number of nitrogens with one attached hydrogen (secondary N) is 5. The fourth-order valence-corrected chi connectivity index (χ4v) is 10.2. The van der Waals surface area contributed by atoms with Gasteiger partial charge in [0.2, 0.25) is 23.6 Å². The number of hydrogen-bond acceptors (Lipinski definition) is 15. The van der Waals surface area contributed by atoms with Crippen LogP contribution in [0.2, 0.25) is 0 Å². The monoisotopic (exact) mass is 1250 g/mol. The number of halogens is 1. The molecule has 0 aromatic heterocycles. The molecule has 4 aromatic rings. The quantitative estimate of drug-likeness (QED) is 0.0223. The smallest absolute Gasteiger partial charge is 0.305 e. The summed E-state index contributed by atoms with van der Waals surface area (Å²) >= 11 is 0. The van der Waals surface area contributed by atoms with Crippen LogP contribution in [0.1, 0.15) is 143 Å². The van der Waals surface area contributed by atoms with E-state index in [1.807, 2.05) is 81.4 Å². The summed E-state index contributed by atoms with van der Waals surface area (Å²) < 4.78 is 20.7. The average molecular weight is 1250 g/mol. The molecule has 9 N–H and O–H groups in total. The Kier molecular flexibility index (Phi) is 34.2. The van der Waals surface area contributed by atoms with Crippen LogP contribution in [0.5, 0.6) is 5.75 Å². The number of likely N-dealkylation sites (N-methyl/N-ethyl adjacent to an activating group) is 1. The van der Waals surface area contributed by atoms with Gasteiger partial charge in [-0.25, -0.2) is 4.39 Å². The van der Waals surface area contributed by atoms with Crippen molar-refractivity contribution in [1.29, 1.82) is 0 Å².